The minimum atomic E-state index is -0.562. The fourth-order valence-electron chi connectivity index (χ4n) is 2.64. The van der Waals surface area contributed by atoms with E-state index in [4.69, 9.17) is 10.5 Å². The van der Waals surface area contributed by atoms with E-state index in [0.29, 0.717) is 44.5 Å². The van der Waals surface area contributed by atoms with E-state index >= 15 is 0 Å². The number of nitrogens with zero attached hydrogens (tertiary/aromatic N) is 1. The number of nitro groups is 1. The lowest BCUT2D eigenvalue weighted by Gasteiger charge is -2.13. The lowest BCUT2D eigenvalue weighted by molar-refractivity contribution is -0.384. The molecule has 2 rings (SSSR count). The van der Waals surface area contributed by atoms with E-state index in [1.54, 1.807) is 18.2 Å². The fraction of sp³-hybridized carbons (Fsp3) is 0.500. The Hall–Kier alpha value is -2.68. The number of carbonyl (C=O) groups is 2. The molecule has 0 aliphatic carbocycles. The van der Waals surface area contributed by atoms with E-state index in [-0.39, 0.29) is 17.7 Å². The van der Waals surface area contributed by atoms with Crippen molar-refractivity contribution in [1.82, 2.24) is 5.32 Å². The summed E-state index contributed by atoms with van der Waals surface area (Å²) in [6.45, 7) is 0.794. The lowest BCUT2D eigenvalue weighted by atomic mass is 10.2. The van der Waals surface area contributed by atoms with Crippen LogP contribution in [0.25, 0.3) is 0 Å². The predicted octanol–water partition coefficient (Wildman–Crippen LogP) is 0.936. The van der Waals surface area contributed by atoms with E-state index in [1.807, 2.05) is 0 Å². The summed E-state index contributed by atoms with van der Waals surface area (Å²) in [5.74, 6) is -0.606. The standard InChI is InChI=1S/C16H22N4O5/c17-16(22)14-8-7-11(25-14)10-19-15(21)6-3-9-18-12-4-1-2-5-13(12)20(23)24/h1-2,4-5,11,14,18H,3,6-10H2,(H2,17,22)(H,19,21). The number of hydrogen-bond acceptors (Lipinski definition) is 6. The fourth-order valence-corrected chi connectivity index (χ4v) is 2.64. The van der Waals surface area contributed by atoms with Gasteiger partial charge in [-0.1, -0.05) is 12.1 Å². The van der Waals surface area contributed by atoms with E-state index in [0.717, 1.165) is 0 Å². The highest BCUT2D eigenvalue weighted by molar-refractivity contribution is 5.79. The zero-order valence-corrected chi connectivity index (χ0v) is 13.8. The van der Waals surface area contributed by atoms with Crippen LogP contribution in [0.1, 0.15) is 25.7 Å². The molecule has 1 aliphatic heterocycles. The molecule has 1 heterocycles. The summed E-state index contributed by atoms with van der Waals surface area (Å²) in [6.07, 6.45) is 1.34. The second-order valence-corrected chi connectivity index (χ2v) is 5.84. The maximum absolute atomic E-state index is 11.8. The van der Waals surface area contributed by atoms with Gasteiger partial charge >= 0.3 is 0 Å². The number of benzene rings is 1. The molecule has 0 aromatic heterocycles. The van der Waals surface area contributed by atoms with Gasteiger partial charge in [0.1, 0.15) is 11.8 Å². The maximum Gasteiger partial charge on any atom is 0.292 e. The molecule has 4 N–H and O–H groups in total. The first kappa shape index (κ1) is 18.7. The molecule has 0 bridgehead atoms. The minimum absolute atomic E-state index is 0.00865. The number of primary amides is 1. The first-order chi connectivity index (χ1) is 12.0. The number of para-hydroxylation sites is 2. The summed E-state index contributed by atoms with van der Waals surface area (Å²) in [6, 6.07) is 6.37. The molecule has 1 saturated heterocycles. The summed E-state index contributed by atoms with van der Waals surface area (Å²) < 4.78 is 5.43. The van der Waals surface area contributed by atoms with Gasteiger partial charge in [0.25, 0.3) is 5.69 Å². The van der Waals surface area contributed by atoms with Gasteiger partial charge in [0.05, 0.1) is 11.0 Å². The first-order valence-electron chi connectivity index (χ1n) is 8.16. The number of rotatable bonds is 9. The van der Waals surface area contributed by atoms with Crippen molar-refractivity contribution in [2.45, 2.75) is 37.9 Å². The van der Waals surface area contributed by atoms with Gasteiger partial charge in [-0.25, -0.2) is 0 Å². The normalized spacial score (nSPS) is 19.4. The van der Waals surface area contributed by atoms with Crippen LogP contribution in [-0.4, -0.2) is 42.0 Å². The number of amides is 2. The third kappa shape index (κ3) is 5.71. The molecule has 1 aliphatic rings. The van der Waals surface area contributed by atoms with Crippen molar-refractivity contribution in [1.29, 1.82) is 0 Å². The Morgan fingerprint density at radius 1 is 1.32 bits per heavy atom. The Morgan fingerprint density at radius 2 is 2.08 bits per heavy atom. The van der Waals surface area contributed by atoms with Crippen molar-refractivity contribution in [2.24, 2.45) is 5.73 Å². The van der Waals surface area contributed by atoms with Crippen molar-refractivity contribution in [3.05, 3.63) is 34.4 Å². The molecule has 136 valence electrons. The van der Waals surface area contributed by atoms with Crippen LogP contribution in [0, 0.1) is 10.1 Å². The number of hydrogen-bond donors (Lipinski definition) is 3. The minimum Gasteiger partial charge on any atom is -0.379 e. The monoisotopic (exact) mass is 350 g/mol. The van der Waals surface area contributed by atoms with Gasteiger partial charge in [0.15, 0.2) is 0 Å². The molecule has 0 saturated carbocycles. The van der Waals surface area contributed by atoms with Crippen LogP contribution in [0.5, 0.6) is 0 Å². The second-order valence-electron chi connectivity index (χ2n) is 5.84. The van der Waals surface area contributed by atoms with E-state index in [1.165, 1.54) is 6.07 Å². The average molecular weight is 350 g/mol. The Morgan fingerprint density at radius 3 is 2.76 bits per heavy atom. The van der Waals surface area contributed by atoms with Crippen LogP contribution in [0.2, 0.25) is 0 Å². The van der Waals surface area contributed by atoms with E-state index in [9.17, 15) is 19.7 Å². The molecule has 0 spiro atoms. The Bertz CT molecular complexity index is 637. The van der Waals surface area contributed by atoms with Gasteiger partial charge in [-0.2, -0.15) is 0 Å². The molecule has 2 amide bonds. The van der Waals surface area contributed by atoms with Crippen molar-refractivity contribution < 1.29 is 19.2 Å². The topological polar surface area (TPSA) is 137 Å². The molecule has 9 heteroatoms. The lowest BCUT2D eigenvalue weighted by Crippen LogP contribution is -2.34. The zero-order valence-electron chi connectivity index (χ0n) is 13.8. The van der Waals surface area contributed by atoms with Crippen LogP contribution in [0.3, 0.4) is 0 Å². The quantitative estimate of drug-likeness (QED) is 0.344. The zero-order chi connectivity index (χ0) is 18.2. The molecule has 2 unspecified atom stereocenters. The molecular formula is C16H22N4O5. The molecule has 1 fully saturated rings. The predicted molar refractivity (Wildman–Crippen MR) is 90.9 cm³/mol. The molecule has 1 aromatic carbocycles. The highest BCUT2D eigenvalue weighted by atomic mass is 16.6. The highest BCUT2D eigenvalue weighted by Gasteiger charge is 2.29. The van der Waals surface area contributed by atoms with Gasteiger partial charge in [0.2, 0.25) is 11.8 Å². The van der Waals surface area contributed by atoms with Gasteiger partial charge in [-0.3, -0.25) is 19.7 Å². The maximum atomic E-state index is 11.8. The van der Waals surface area contributed by atoms with Crippen molar-refractivity contribution in [2.75, 3.05) is 18.4 Å². The number of carbonyl (C=O) groups excluding carboxylic acids is 2. The summed E-state index contributed by atoms with van der Waals surface area (Å²) in [4.78, 5) is 33.3. The Kier molecular flexibility index (Phi) is 6.70. The third-order valence-electron chi connectivity index (χ3n) is 3.95. The molecule has 1 aromatic rings. The number of anilines is 1. The van der Waals surface area contributed by atoms with Crippen molar-refractivity contribution >= 4 is 23.2 Å². The van der Waals surface area contributed by atoms with Crippen molar-refractivity contribution in [3.8, 4) is 0 Å². The Labute approximate surface area is 145 Å². The van der Waals surface area contributed by atoms with Gasteiger partial charge in [-0.15, -0.1) is 0 Å². The smallest absolute Gasteiger partial charge is 0.292 e. The largest absolute Gasteiger partial charge is 0.379 e. The molecule has 25 heavy (non-hydrogen) atoms. The number of ether oxygens (including phenoxy) is 1. The van der Waals surface area contributed by atoms with Gasteiger partial charge in [-0.05, 0) is 25.3 Å². The average Bonchev–Trinajstić information content (AvgIpc) is 3.06. The number of nitrogens with one attached hydrogen (secondary N) is 2. The van der Waals surface area contributed by atoms with Gasteiger partial charge < -0.3 is 21.1 Å². The van der Waals surface area contributed by atoms with E-state index < -0.39 is 16.9 Å². The summed E-state index contributed by atoms with van der Waals surface area (Å²) >= 11 is 0. The molecular weight excluding hydrogens is 328 g/mol. The molecule has 9 nitrogen and oxygen atoms in total. The number of nitro benzene ring substituents is 1. The molecule has 0 radical (unpaired) electrons. The molecule has 2 atom stereocenters. The van der Waals surface area contributed by atoms with Crippen LogP contribution in [-0.2, 0) is 14.3 Å². The summed E-state index contributed by atoms with van der Waals surface area (Å²) in [5, 5.41) is 16.6. The highest BCUT2D eigenvalue weighted by Crippen LogP contribution is 2.23. The second kappa shape index (κ2) is 8.97. The van der Waals surface area contributed by atoms with Crippen molar-refractivity contribution in [3.63, 3.8) is 0 Å². The summed E-state index contributed by atoms with van der Waals surface area (Å²) in [5.41, 5.74) is 5.62. The summed E-state index contributed by atoms with van der Waals surface area (Å²) in [7, 11) is 0. The van der Waals surface area contributed by atoms with Crippen LogP contribution >= 0.6 is 0 Å². The first-order valence-corrected chi connectivity index (χ1v) is 8.16. The number of nitrogens with two attached hydrogens (primary N) is 1. The van der Waals surface area contributed by atoms with Crippen LogP contribution in [0.4, 0.5) is 11.4 Å². The van der Waals surface area contributed by atoms with Crippen LogP contribution in [0.15, 0.2) is 24.3 Å². The SMILES string of the molecule is NC(=O)C1CCC(CNC(=O)CCCNc2ccccc2[N+](=O)[O-])O1. The Balaban J connectivity index is 1.63. The third-order valence-corrected chi connectivity index (χ3v) is 3.95. The van der Waals surface area contributed by atoms with E-state index in [2.05, 4.69) is 10.6 Å². The van der Waals surface area contributed by atoms with Gasteiger partial charge in [0, 0.05) is 25.6 Å². The van der Waals surface area contributed by atoms with Crippen LogP contribution < -0.4 is 16.4 Å².